The van der Waals surface area contributed by atoms with Crippen molar-refractivity contribution in [1.82, 2.24) is 4.90 Å². The smallest absolute Gasteiger partial charge is 0.121 e. The summed E-state index contributed by atoms with van der Waals surface area (Å²) in [6, 6.07) is 7.31. The Labute approximate surface area is 127 Å². The molecule has 1 aromatic rings. The average Bonchev–Trinajstić information content (AvgIpc) is 2.46. The number of anilines is 1. The highest BCUT2D eigenvalue weighted by Gasteiger charge is 2.17. The maximum absolute atomic E-state index is 10.1. The fourth-order valence-corrected chi connectivity index (χ4v) is 3.09. The molecule has 0 heterocycles. The quantitative estimate of drug-likeness (QED) is 0.758. The third kappa shape index (κ3) is 5.94. The van der Waals surface area contributed by atoms with Crippen molar-refractivity contribution in [2.75, 3.05) is 32.5 Å². The van der Waals surface area contributed by atoms with Gasteiger partial charge < -0.3 is 20.5 Å². The lowest BCUT2D eigenvalue weighted by Crippen LogP contribution is -2.36. The molecule has 1 unspecified atom stereocenters. The Morgan fingerprint density at radius 1 is 1.33 bits per heavy atom. The molecule has 0 spiro atoms. The van der Waals surface area contributed by atoms with Crippen LogP contribution >= 0.6 is 0 Å². The zero-order valence-electron chi connectivity index (χ0n) is 13.0. The van der Waals surface area contributed by atoms with Gasteiger partial charge in [-0.25, -0.2) is 0 Å². The number of nitrogens with two attached hydrogens (primary N) is 1. The highest BCUT2D eigenvalue weighted by atomic mass is 16.5. The van der Waals surface area contributed by atoms with Crippen molar-refractivity contribution >= 4 is 5.69 Å². The number of hydrogen-bond donors (Lipinski definition) is 2. The van der Waals surface area contributed by atoms with Gasteiger partial charge in [0.1, 0.15) is 18.5 Å². The Hall–Kier alpha value is -1.26. The molecule has 118 valence electrons. The van der Waals surface area contributed by atoms with Crippen molar-refractivity contribution in [3.8, 4) is 5.75 Å². The van der Waals surface area contributed by atoms with Crippen LogP contribution in [0.5, 0.6) is 5.75 Å². The number of aliphatic hydroxyl groups excluding tert-OH is 1. The molecule has 0 aromatic heterocycles. The Kier molecular flexibility index (Phi) is 6.33. The molecule has 0 amide bonds. The van der Waals surface area contributed by atoms with Gasteiger partial charge in [0.25, 0.3) is 0 Å². The molecule has 0 bridgehead atoms. The van der Waals surface area contributed by atoms with Crippen LogP contribution in [0.2, 0.25) is 0 Å². The second kappa shape index (κ2) is 8.25. The Bertz CT molecular complexity index is 419. The van der Waals surface area contributed by atoms with E-state index in [4.69, 9.17) is 10.5 Å². The van der Waals surface area contributed by atoms with Crippen molar-refractivity contribution in [3.63, 3.8) is 0 Å². The summed E-state index contributed by atoms with van der Waals surface area (Å²) < 4.78 is 5.58. The number of nitrogens with zero attached hydrogens (tertiary/aromatic N) is 1. The standard InChI is InChI=1S/C17H28N2O2/c1-19(11-14-6-3-2-4-7-14)12-16(20)13-21-17-9-5-8-15(18)10-17/h5,8-10,14,16,20H,2-4,6-7,11-13,18H2,1H3. The molecule has 0 saturated heterocycles. The number of hydrogen-bond acceptors (Lipinski definition) is 4. The van der Waals surface area contributed by atoms with Crippen molar-refractivity contribution in [3.05, 3.63) is 24.3 Å². The molecule has 1 aliphatic rings. The number of nitrogen functional groups attached to an aromatic ring is 1. The summed E-state index contributed by atoms with van der Waals surface area (Å²) in [5, 5.41) is 10.1. The summed E-state index contributed by atoms with van der Waals surface area (Å²) >= 11 is 0. The summed E-state index contributed by atoms with van der Waals surface area (Å²) in [5.74, 6) is 1.51. The molecule has 1 aromatic carbocycles. The van der Waals surface area contributed by atoms with Crippen LogP contribution in [0.3, 0.4) is 0 Å². The fraction of sp³-hybridized carbons (Fsp3) is 0.647. The van der Waals surface area contributed by atoms with Crippen LogP contribution in [-0.4, -0.2) is 42.9 Å². The first-order valence-electron chi connectivity index (χ1n) is 7.98. The molecule has 0 aliphatic heterocycles. The molecule has 1 saturated carbocycles. The summed E-state index contributed by atoms with van der Waals surface area (Å²) in [7, 11) is 2.08. The van der Waals surface area contributed by atoms with E-state index in [2.05, 4.69) is 11.9 Å². The Balaban J connectivity index is 1.67. The third-order valence-corrected chi connectivity index (χ3v) is 4.12. The molecule has 21 heavy (non-hydrogen) atoms. The number of likely N-dealkylation sites (N-methyl/N-ethyl adjacent to an activating group) is 1. The molecular formula is C17H28N2O2. The second-order valence-electron chi connectivity index (χ2n) is 6.26. The topological polar surface area (TPSA) is 58.7 Å². The van der Waals surface area contributed by atoms with E-state index in [-0.39, 0.29) is 0 Å². The zero-order chi connectivity index (χ0) is 15.1. The number of ether oxygens (including phenoxy) is 1. The van der Waals surface area contributed by atoms with Crippen molar-refractivity contribution < 1.29 is 9.84 Å². The van der Waals surface area contributed by atoms with Gasteiger partial charge in [-0.2, -0.15) is 0 Å². The van der Waals surface area contributed by atoms with Gasteiger partial charge in [-0.1, -0.05) is 25.3 Å². The van der Waals surface area contributed by atoms with Crippen LogP contribution in [0.4, 0.5) is 5.69 Å². The predicted octanol–water partition coefficient (Wildman–Crippen LogP) is 2.52. The maximum atomic E-state index is 10.1. The van der Waals surface area contributed by atoms with Crippen LogP contribution in [0.25, 0.3) is 0 Å². The van der Waals surface area contributed by atoms with Gasteiger partial charge in [-0.15, -0.1) is 0 Å². The first kappa shape index (κ1) is 16.1. The first-order valence-corrected chi connectivity index (χ1v) is 7.98. The lowest BCUT2D eigenvalue weighted by Gasteiger charge is -2.28. The molecular weight excluding hydrogens is 264 g/mol. The minimum absolute atomic E-state index is 0.304. The summed E-state index contributed by atoms with van der Waals surface area (Å²) in [6.45, 7) is 2.03. The highest BCUT2D eigenvalue weighted by Crippen LogP contribution is 2.24. The number of benzene rings is 1. The molecule has 3 N–H and O–H groups in total. The second-order valence-corrected chi connectivity index (χ2v) is 6.26. The molecule has 4 heteroatoms. The molecule has 1 aliphatic carbocycles. The third-order valence-electron chi connectivity index (χ3n) is 4.12. The van der Waals surface area contributed by atoms with Crippen molar-refractivity contribution in [2.24, 2.45) is 5.92 Å². The SMILES string of the molecule is CN(CC(O)COc1cccc(N)c1)CC1CCCCC1. The Morgan fingerprint density at radius 2 is 2.10 bits per heavy atom. The molecule has 0 radical (unpaired) electrons. The van der Waals surface area contributed by atoms with Crippen LogP contribution in [0.1, 0.15) is 32.1 Å². The molecule has 1 fully saturated rings. The van der Waals surface area contributed by atoms with Crippen LogP contribution in [0, 0.1) is 5.92 Å². The van der Waals surface area contributed by atoms with Gasteiger partial charge in [0.05, 0.1) is 0 Å². The predicted molar refractivity (Wildman–Crippen MR) is 86.4 cm³/mol. The average molecular weight is 292 g/mol. The van der Waals surface area contributed by atoms with E-state index in [9.17, 15) is 5.11 Å². The highest BCUT2D eigenvalue weighted by molar-refractivity contribution is 5.43. The number of aliphatic hydroxyl groups is 1. The molecule has 4 nitrogen and oxygen atoms in total. The van der Waals surface area contributed by atoms with Gasteiger partial charge in [-0.05, 0) is 37.9 Å². The summed E-state index contributed by atoms with van der Waals surface area (Å²) in [5.41, 5.74) is 6.38. The van der Waals surface area contributed by atoms with E-state index in [0.29, 0.717) is 24.6 Å². The maximum Gasteiger partial charge on any atom is 0.121 e. The minimum Gasteiger partial charge on any atom is -0.491 e. The van der Waals surface area contributed by atoms with E-state index in [0.717, 1.165) is 12.5 Å². The van der Waals surface area contributed by atoms with Crippen LogP contribution < -0.4 is 10.5 Å². The lowest BCUT2D eigenvalue weighted by molar-refractivity contribution is 0.0695. The summed E-state index contributed by atoms with van der Waals surface area (Å²) in [6.07, 6.45) is 6.30. The Morgan fingerprint density at radius 3 is 2.81 bits per heavy atom. The largest absolute Gasteiger partial charge is 0.491 e. The van der Waals surface area contributed by atoms with Gasteiger partial charge >= 0.3 is 0 Å². The minimum atomic E-state index is -0.472. The van der Waals surface area contributed by atoms with E-state index >= 15 is 0 Å². The molecule has 1 atom stereocenters. The van der Waals surface area contributed by atoms with E-state index in [1.54, 1.807) is 6.07 Å². The van der Waals surface area contributed by atoms with Gasteiger partial charge in [-0.3, -0.25) is 0 Å². The van der Waals surface area contributed by atoms with Crippen LogP contribution in [0.15, 0.2) is 24.3 Å². The van der Waals surface area contributed by atoms with E-state index in [1.165, 1.54) is 32.1 Å². The van der Waals surface area contributed by atoms with E-state index < -0.39 is 6.10 Å². The van der Waals surface area contributed by atoms with Gasteiger partial charge in [0.2, 0.25) is 0 Å². The van der Waals surface area contributed by atoms with Crippen molar-refractivity contribution in [1.29, 1.82) is 0 Å². The van der Waals surface area contributed by atoms with Gasteiger partial charge in [0.15, 0.2) is 0 Å². The fourth-order valence-electron chi connectivity index (χ4n) is 3.09. The zero-order valence-corrected chi connectivity index (χ0v) is 13.0. The van der Waals surface area contributed by atoms with E-state index in [1.807, 2.05) is 18.2 Å². The monoisotopic (exact) mass is 292 g/mol. The van der Waals surface area contributed by atoms with Crippen LogP contribution in [-0.2, 0) is 0 Å². The van der Waals surface area contributed by atoms with Crippen molar-refractivity contribution in [2.45, 2.75) is 38.2 Å². The number of rotatable bonds is 7. The van der Waals surface area contributed by atoms with Gasteiger partial charge in [0, 0.05) is 24.8 Å². The normalized spacial score (nSPS) is 17.9. The first-order chi connectivity index (χ1) is 10.1. The lowest BCUT2D eigenvalue weighted by atomic mass is 9.89. The molecule has 2 rings (SSSR count). The summed E-state index contributed by atoms with van der Waals surface area (Å²) in [4.78, 5) is 2.23.